The first-order valence-electron chi connectivity index (χ1n) is 17.3. The van der Waals surface area contributed by atoms with Crippen LogP contribution in [-0.2, 0) is 44.8 Å². The van der Waals surface area contributed by atoms with Crippen molar-refractivity contribution in [2.75, 3.05) is 26.2 Å². The second-order valence-corrected chi connectivity index (χ2v) is 13.1. The monoisotopic (exact) mass is 732 g/mol. The molecule has 11 N–H and O–H groups in total. The van der Waals surface area contributed by atoms with Gasteiger partial charge >= 0.3 is 11.9 Å². The summed E-state index contributed by atoms with van der Waals surface area (Å²) in [5.41, 5.74) is 12.0. The average molecular weight is 733 g/mol. The summed E-state index contributed by atoms with van der Waals surface area (Å²) in [5, 5.41) is 30.4. The standard InChI is InChI=1S/C34H52N8O10/c1-20(2)15-25(41-32(50)23(11-6-7-13-35)40-30(48)22(36)17-28(44)45)34(52)42-14-8-12-26(42)33(51)37-18-27(43)39-24(31(49)38-19-29(46)47)16-21-9-4-3-5-10-21/h3-5,9-10,20,22-26H,6-8,11-19,35-36H2,1-2H3,(H,37,51)(H,38,49)(H,39,43)(H,40,48)(H,41,50)(H,44,45)(H,46,47)/t22-,23-,24-,25-,26-/m0/s1. The predicted octanol–water partition coefficient (Wildman–Crippen LogP) is -2.03. The molecule has 0 saturated carbocycles. The molecule has 1 saturated heterocycles. The van der Waals surface area contributed by atoms with Crippen molar-refractivity contribution in [1.29, 1.82) is 0 Å². The van der Waals surface area contributed by atoms with Crippen LogP contribution in [0.25, 0.3) is 0 Å². The second kappa shape index (κ2) is 22.0. The van der Waals surface area contributed by atoms with Crippen LogP contribution < -0.4 is 38.1 Å². The Balaban J connectivity index is 2.12. The number of carboxylic acids is 2. The molecular formula is C34H52N8O10. The van der Waals surface area contributed by atoms with Gasteiger partial charge in [-0.25, -0.2) is 0 Å². The van der Waals surface area contributed by atoms with Crippen molar-refractivity contribution in [1.82, 2.24) is 31.5 Å². The number of rotatable bonds is 22. The highest BCUT2D eigenvalue weighted by atomic mass is 16.4. The Bertz CT molecular complexity index is 1410. The van der Waals surface area contributed by atoms with Gasteiger partial charge in [-0.15, -0.1) is 0 Å². The fraction of sp³-hybridized carbons (Fsp3) is 0.588. The van der Waals surface area contributed by atoms with Crippen molar-refractivity contribution in [3.05, 3.63) is 35.9 Å². The maximum Gasteiger partial charge on any atom is 0.322 e. The number of benzene rings is 1. The lowest BCUT2D eigenvalue weighted by Crippen LogP contribution is -2.58. The van der Waals surface area contributed by atoms with Gasteiger partial charge in [-0.3, -0.25) is 38.4 Å². The minimum absolute atomic E-state index is 0.0620. The van der Waals surface area contributed by atoms with Crippen LogP contribution in [0, 0.1) is 5.92 Å². The van der Waals surface area contributed by atoms with Crippen molar-refractivity contribution < 1.29 is 48.6 Å². The predicted molar refractivity (Wildman–Crippen MR) is 187 cm³/mol. The SMILES string of the molecule is CC(C)C[C@H](NC(=O)[C@H](CCCCN)NC(=O)[C@@H](N)CC(=O)O)C(=O)N1CCC[C@H]1C(=O)NCC(=O)N[C@@H](Cc1ccccc1)C(=O)NCC(=O)O. The Morgan fingerprint density at radius 2 is 1.50 bits per heavy atom. The number of nitrogens with zero attached hydrogens (tertiary/aromatic N) is 1. The molecule has 0 spiro atoms. The van der Waals surface area contributed by atoms with Gasteiger partial charge in [-0.1, -0.05) is 44.2 Å². The molecule has 0 bridgehead atoms. The number of carbonyl (C=O) groups is 8. The molecular weight excluding hydrogens is 680 g/mol. The third-order valence-corrected chi connectivity index (χ3v) is 8.24. The Labute approximate surface area is 302 Å². The fourth-order valence-corrected chi connectivity index (χ4v) is 5.67. The normalized spacial score (nSPS) is 16.2. The largest absolute Gasteiger partial charge is 0.481 e. The van der Waals surface area contributed by atoms with Crippen LogP contribution in [0.15, 0.2) is 30.3 Å². The molecule has 52 heavy (non-hydrogen) atoms. The fourth-order valence-electron chi connectivity index (χ4n) is 5.67. The van der Waals surface area contributed by atoms with Crippen LogP contribution in [0.1, 0.15) is 64.4 Å². The van der Waals surface area contributed by atoms with Crippen molar-refractivity contribution in [2.24, 2.45) is 17.4 Å². The van der Waals surface area contributed by atoms with Crippen LogP contribution >= 0.6 is 0 Å². The molecule has 1 fully saturated rings. The van der Waals surface area contributed by atoms with Gasteiger partial charge < -0.3 is 53.2 Å². The quantitative estimate of drug-likeness (QED) is 0.0584. The molecule has 18 heteroatoms. The van der Waals surface area contributed by atoms with E-state index in [0.29, 0.717) is 31.4 Å². The summed E-state index contributed by atoms with van der Waals surface area (Å²) < 4.78 is 0. The van der Waals surface area contributed by atoms with E-state index in [9.17, 15) is 38.4 Å². The average Bonchev–Trinajstić information content (AvgIpc) is 3.58. The van der Waals surface area contributed by atoms with Crippen LogP contribution in [0.5, 0.6) is 0 Å². The molecule has 1 aromatic rings. The molecule has 0 aromatic heterocycles. The third-order valence-electron chi connectivity index (χ3n) is 8.24. The Morgan fingerprint density at radius 3 is 2.12 bits per heavy atom. The van der Waals surface area contributed by atoms with E-state index >= 15 is 0 Å². The maximum absolute atomic E-state index is 13.9. The van der Waals surface area contributed by atoms with E-state index < -0.39 is 97.1 Å². The molecule has 0 aliphatic carbocycles. The second-order valence-electron chi connectivity index (χ2n) is 13.1. The van der Waals surface area contributed by atoms with Crippen LogP contribution in [-0.4, -0.2) is 119 Å². The molecule has 1 aliphatic heterocycles. The number of nitrogens with two attached hydrogens (primary N) is 2. The zero-order chi connectivity index (χ0) is 38.8. The van der Waals surface area contributed by atoms with Crippen LogP contribution in [0.4, 0.5) is 0 Å². The molecule has 1 heterocycles. The van der Waals surface area contributed by atoms with E-state index in [2.05, 4.69) is 26.6 Å². The van der Waals surface area contributed by atoms with Gasteiger partial charge in [0.15, 0.2) is 0 Å². The first kappa shape index (κ1) is 43.1. The topological polar surface area (TPSA) is 292 Å². The van der Waals surface area contributed by atoms with Gasteiger partial charge in [0.2, 0.25) is 35.4 Å². The molecule has 0 radical (unpaired) electrons. The highest BCUT2D eigenvalue weighted by molar-refractivity contribution is 5.96. The number of aliphatic carboxylic acids is 2. The number of nitrogens with one attached hydrogen (secondary N) is 5. The Hall–Kier alpha value is -5.10. The number of likely N-dealkylation sites (tertiary alicyclic amines) is 1. The number of hydrogen-bond donors (Lipinski definition) is 9. The lowest BCUT2D eigenvalue weighted by atomic mass is 10.0. The molecule has 1 aliphatic rings. The van der Waals surface area contributed by atoms with E-state index in [1.54, 1.807) is 30.3 Å². The molecule has 5 atom stereocenters. The summed E-state index contributed by atoms with van der Waals surface area (Å²) in [6.07, 6.45) is 1.53. The van der Waals surface area contributed by atoms with Gasteiger partial charge in [-0.2, -0.15) is 0 Å². The molecule has 1 aromatic carbocycles. The summed E-state index contributed by atoms with van der Waals surface area (Å²) in [6, 6.07) is 3.05. The van der Waals surface area contributed by atoms with Gasteiger partial charge in [0.25, 0.3) is 0 Å². The number of amides is 6. The van der Waals surface area contributed by atoms with Gasteiger partial charge in [0.05, 0.1) is 19.0 Å². The smallest absolute Gasteiger partial charge is 0.322 e. The number of hydrogen-bond acceptors (Lipinski definition) is 10. The molecule has 0 unspecified atom stereocenters. The molecule has 6 amide bonds. The lowest BCUT2D eigenvalue weighted by Gasteiger charge is -2.30. The van der Waals surface area contributed by atoms with E-state index in [1.807, 2.05) is 13.8 Å². The lowest BCUT2D eigenvalue weighted by molar-refractivity contribution is -0.142. The van der Waals surface area contributed by atoms with Gasteiger partial charge in [-0.05, 0) is 56.6 Å². The van der Waals surface area contributed by atoms with Crippen LogP contribution in [0.2, 0.25) is 0 Å². The number of carboxylic acid groups (broad SMARTS) is 2. The van der Waals surface area contributed by atoms with Crippen molar-refractivity contribution in [3.8, 4) is 0 Å². The van der Waals surface area contributed by atoms with Crippen molar-refractivity contribution in [2.45, 2.75) is 95.4 Å². The molecule has 2 rings (SSSR count). The summed E-state index contributed by atoms with van der Waals surface area (Å²) in [6.45, 7) is 3.05. The summed E-state index contributed by atoms with van der Waals surface area (Å²) in [7, 11) is 0. The minimum atomic E-state index is -1.40. The van der Waals surface area contributed by atoms with E-state index in [4.69, 9.17) is 21.7 Å². The summed E-state index contributed by atoms with van der Waals surface area (Å²) in [4.78, 5) is 102. The van der Waals surface area contributed by atoms with E-state index in [1.165, 1.54) is 4.90 Å². The zero-order valence-electron chi connectivity index (χ0n) is 29.6. The molecule has 288 valence electrons. The summed E-state index contributed by atoms with van der Waals surface area (Å²) >= 11 is 0. The Morgan fingerprint density at radius 1 is 0.827 bits per heavy atom. The van der Waals surface area contributed by atoms with E-state index in [-0.39, 0.29) is 38.1 Å². The highest BCUT2D eigenvalue weighted by Crippen LogP contribution is 2.21. The van der Waals surface area contributed by atoms with Gasteiger partial charge in [0.1, 0.15) is 30.7 Å². The number of unbranched alkanes of at least 4 members (excludes halogenated alkanes) is 1. The third kappa shape index (κ3) is 15.0. The van der Waals surface area contributed by atoms with E-state index in [0.717, 1.165) is 0 Å². The minimum Gasteiger partial charge on any atom is -0.481 e. The van der Waals surface area contributed by atoms with Gasteiger partial charge in [0, 0.05) is 13.0 Å². The molecule has 18 nitrogen and oxygen atoms in total. The van der Waals surface area contributed by atoms with Crippen molar-refractivity contribution >= 4 is 47.4 Å². The zero-order valence-corrected chi connectivity index (χ0v) is 29.6. The first-order valence-corrected chi connectivity index (χ1v) is 17.3. The highest BCUT2D eigenvalue weighted by Gasteiger charge is 2.39. The first-order chi connectivity index (χ1) is 24.6. The summed E-state index contributed by atoms with van der Waals surface area (Å²) in [5.74, 6) is -6.72. The maximum atomic E-state index is 13.9. The number of carbonyl (C=O) groups excluding carboxylic acids is 6. The Kier molecular flexibility index (Phi) is 18.2. The van der Waals surface area contributed by atoms with Crippen molar-refractivity contribution in [3.63, 3.8) is 0 Å². The van der Waals surface area contributed by atoms with Crippen LogP contribution in [0.3, 0.4) is 0 Å².